The maximum atomic E-state index is 2.38. The van der Waals surface area contributed by atoms with E-state index in [1.807, 2.05) is 11.3 Å². The molecular formula is C58H38N2S. The van der Waals surface area contributed by atoms with Crippen LogP contribution in [0.4, 0.5) is 17.1 Å². The van der Waals surface area contributed by atoms with E-state index in [9.17, 15) is 0 Å². The topological polar surface area (TPSA) is 8.17 Å². The number of aromatic nitrogens is 1. The fraction of sp³-hybridized carbons (Fsp3) is 0. The fourth-order valence-corrected chi connectivity index (χ4v) is 10.4. The van der Waals surface area contributed by atoms with Crippen molar-refractivity contribution in [3.8, 4) is 39.1 Å². The van der Waals surface area contributed by atoms with E-state index >= 15 is 0 Å². The van der Waals surface area contributed by atoms with Crippen LogP contribution in [-0.4, -0.2) is 4.57 Å². The quantitative estimate of drug-likeness (QED) is 0.156. The standard InChI is InChI=1S/C58H38N2S/c1-2-12-40(13-3-1)48-19-10-14-42-15-11-20-49(58(42)48)41-26-31-45(32-27-41)59(44-29-24-39(25-30-44)43-28-37-57-53(38-43)52-18-6-9-23-56(52)61-57)46-33-35-47(36-34-46)60-54-21-7-4-16-50(54)51-17-5-8-22-55(51)60/h1-38H. The molecule has 0 spiro atoms. The number of benzene rings is 10. The molecule has 12 rings (SSSR count). The summed E-state index contributed by atoms with van der Waals surface area (Å²) >= 11 is 1.86. The minimum Gasteiger partial charge on any atom is -0.311 e. The zero-order valence-corrected chi connectivity index (χ0v) is 34.1. The van der Waals surface area contributed by atoms with Crippen molar-refractivity contribution in [2.45, 2.75) is 0 Å². The number of fused-ring (bicyclic) bond motifs is 7. The van der Waals surface area contributed by atoms with Crippen LogP contribution in [0.15, 0.2) is 231 Å². The van der Waals surface area contributed by atoms with Crippen LogP contribution in [-0.2, 0) is 0 Å². The summed E-state index contributed by atoms with van der Waals surface area (Å²) in [4.78, 5) is 2.37. The van der Waals surface area contributed by atoms with Crippen LogP contribution in [0.1, 0.15) is 0 Å². The van der Waals surface area contributed by atoms with Crippen LogP contribution < -0.4 is 4.90 Å². The van der Waals surface area contributed by atoms with E-state index in [0.717, 1.165) is 22.7 Å². The van der Waals surface area contributed by atoms with E-state index in [1.54, 1.807) is 0 Å². The summed E-state index contributed by atoms with van der Waals surface area (Å²) < 4.78 is 5.03. The Morgan fingerprint density at radius 2 is 0.820 bits per heavy atom. The smallest absolute Gasteiger partial charge is 0.0541 e. The molecule has 0 amide bonds. The second kappa shape index (κ2) is 14.5. The van der Waals surface area contributed by atoms with Gasteiger partial charge >= 0.3 is 0 Å². The molecule has 2 heterocycles. The van der Waals surface area contributed by atoms with Gasteiger partial charge in [-0.15, -0.1) is 11.3 Å². The molecular weight excluding hydrogens is 757 g/mol. The third-order valence-electron chi connectivity index (χ3n) is 12.2. The van der Waals surface area contributed by atoms with Gasteiger partial charge < -0.3 is 9.47 Å². The van der Waals surface area contributed by atoms with Gasteiger partial charge in [0.05, 0.1) is 11.0 Å². The van der Waals surface area contributed by atoms with Crippen molar-refractivity contribution >= 4 is 81.1 Å². The first-order valence-electron chi connectivity index (χ1n) is 20.8. The molecule has 0 radical (unpaired) electrons. The molecule has 0 saturated heterocycles. The Labute approximate surface area is 358 Å². The highest BCUT2D eigenvalue weighted by Gasteiger charge is 2.17. The Kier molecular flexibility index (Phi) is 8.39. The molecule has 0 N–H and O–H groups in total. The number of hydrogen-bond acceptors (Lipinski definition) is 2. The Balaban J connectivity index is 0.962. The average Bonchev–Trinajstić information content (AvgIpc) is 3.88. The Morgan fingerprint density at radius 3 is 1.46 bits per heavy atom. The Hall–Kier alpha value is -7.72. The maximum Gasteiger partial charge on any atom is 0.0541 e. The molecule has 12 aromatic rings. The predicted octanol–water partition coefficient (Wildman–Crippen LogP) is 16.8. The highest BCUT2D eigenvalue weighted by Crippen LogP contribution is 2.42. The average molecular weight is 795 g/mol. The molecule has 0 unspecified atom stereocenters. The molecule has 0 fully saturated rings. The van der Waals surface area contributed by atoms with Crippen molar-refractivity contribution in [1.29, 1.82) is 0 Å². The lowest BCUT2D eigenvalue weighted by Gasteiger charge is -2.26. The molecule has 0 aliphatic carbocycles. The van der Waals surface area contributed by atoms with E-state index in [4.69, 9.17) is 0 Å². The van der Waals surface area contributed by atoms with E-state index < -0.39 is 0 Å². The van der Waals surface area contributed by atoms with Crippen LogP contribution in [0, 0.1) is 0 Å². The number of para-hydroxylation sites is 2. The summed E-state index contributed by atoms with van der Waals surface area (Å²) in [5, 5.41) is 7.66. The van der Waals surface area contributed by atoms with Crippen LogP contribution in [0.25, 0.3) is 91.8 Å². The predicted molar refractivity (Wildman–Crippen MR) is 262 cm³/mol. The van der Waals surface area contributed by atoms with Crippen molar-refractivity contribution in [2.75, 3.05) is 4.90 Å². The van der Waals surface area contributed by atoms with E-state index in [1.165, 1.54) is 86.1 Å². The first-order valence-corrected chi connectivity index (χ1v) is 21.6. The van der Waals surface area contributed by atoms with Crippen LogP contribution in [0.5, 0.6) is 0 Å². The molecule has 0 aliphatic rings. The second-order valence-corrected chi connectivity index (χ2v) is 16.8. The summed E-state index contributed by atoms with van der Waals surface area (Å²) in [6.45, 7) is 0. The molecule has 3 heteroatoms. The van der Waals surface area contributed by atoms with E-state index in [2.05, 4.69) is 240 Å². The molecule has 0 bridgehead atoms. The number of anilines is 3. The summed E-state index contributed by atoms with van der Waals surface area (Å²) in [5.74, 6) is 0. The minimum absolute atomic E-state index is 1.09. The summed E-state index contributed by atoms with van der Waals surface area (Å²) in [5.41, 5.74) is 14.1. The SMILES string of the molecule is c1ccc(-c2cccc3cccc(-c4ccc(N(c5ccc(-c6ccc7sc8ccccc8c7c6)cc5)c5ccc(-n6c7ccccc7c7ccccc76)cc5)cc4)c23)cc1. The van der Waals surface area contributed by atoms with Crippen LogP contribution in [0.3, 0.4) is 0 Å². The van der Waals surface area contributed by atoms with Gasteiger partial charge in [0, 0.05) is 53.7 Å². The number of hydrogen-bond donors (Lipinski definition) is 0. The molecule has 0 aliphatic heterocycles. The molecule has 2 aromatic heterocycles. The number of thiophene rings is 1. The third-order valence-corrected chi connectivity index (χ3v) is 13.4. The summed E-state index contributed by atoms with van der Waals surface area (Å²) in [7, 11) is 0. The second-order valence-electron chi connectivity index (χ2n) is 15.7. The molecule has 0 saturated carbocycles. The third kappa shape index (κ3) is 6.01. The molecule has 61 heavy (non-hydrogen) atoms. The van der Waals surface area contributed by atoms with Gasteiger partial charge in [-0.05, 0) is 123 Å². The zero-order chi connectivity index (χ0) is 40.3. The van der Waals surface area contributed by atoms with Gasteiger partial charge in [-0.25, -0.2) is 0 Å². The highest BCUT2D eigenvalue weighted by atomic mass is 32.1. The highest BCUT2D eigenvalue weighted by molar-refractivity contribution is 7.25. The van der Waals surface area contributed by atoms with Crippen molar-refractivity contribution < 1.29 is 0 Å². The fourth-order valence-electron chi connectivity index (χ4n) is 9.34. The van der Waals surface area contributed by atoms with Crippen molar-refractivity contribution in [3.63, 3.8) is 0 Å². The van der Waals surface area contributed by atoms with E-state index in [-0.39, 0.29) is 0 Å². The lowest BCUT2D eigenvalue weighted by atomic mass is 9.91. The molecule has 10 aromatic carbocycles. The molecule has 286 valence electrons. The number of nitrogens with zero attached hydrogens (tertiary/aromatic N) is 2. The van der Waals surface area contributed by atoms with Gasteiger partial charge in [0.1, 0.15) is 0 Å². The lowest BCUT2D eigenvalue weighted by Crippen LogP contribution is -2.10. The maximum absolute atomic E-state index is 2.38. The monoisotopic (exact) mass is 794 g/mol. The van der Waals surface area contributed by atoms with Crippen molar-refractivity contribution in [2.24, 2.45) is 0 Å². The van der Waals surface area contributed by atoms with Gasteiger partial charge in [0.25, 0.3) is 0 Å². The minimum atomic E-state index is 1.09. The summed E-state index contributed by atoms with van der Waals surface area (Å²) in [6, 6.07) is 84.1. The Morgan fingerprint density at radius 1 is 0.328 bits per heavy atom. The van der Waals surface area contributed by atoms with Gasteiger partial charge in [0.15, 0.2) is 0 Å². The van der Waals surface area contributed by atoms with Gasteiger partial charge in [-0.3, -0.25) is 0 Å². The van der Waals surface area contributed by atoms with Gasteiger partial charge in [-0.1, -0.05) is 152 Å². The summed E-state index contributed by atoms with van der Waals surface area (Å²) in [6.07, 6.45) is 0. The van der Waals surface area contributed by atoms with Crippen molar-refractivity contribution in [3.05, 3.63) is 231 Å². The first kappa shape index (κ1) is 35.2. The van der Waals surface area contributed by atoms with Crippen LogP contribution >= 0.6 is 11.3 Å². The molecule has 0 atom stereocenters. The van der Waals surface area contributed by atoms with Crippen LogP contribution in [0.2, 0.25) is 0 Å². The van der Waals surface area contributed by atoms with Gasteiger partial charge in [0.2, 0.25) is 0 Å². The Bertz CT molecular complexity index is 3500. The first-order chi connectivity index (χ1) is 30.2. The normalized spacial score (nSPS) is 11.6. The number of rotatable bonds is 7. The van der Waals surface area contributed by atoms with Gasteiger partial charge in [-0.2, -0.15) is 0 Å². The lowest BCUT2D eigenvalue weighted by molar-refractivity contribution is 1.17. The zero-order valence-electron chi connectivity index (χ0n) is 33.2. The van der Waals surface area contributed by atoms with Crippen molar-refractivity contribution in [1.82, 2.24) is 4.57 Å². The molecule has 2 nitrogen and oxygen atoms in total. The largest absolute Gasteiger partial charge is 0.311 e. The van der Waals surface area contributed by atoms with E-state index in [0.29, 0.717) is 0 Å².